The van der Waals surface area contributed by atoms with E-state index >= 15 is 0 Å². The SMILES string of the molecule is O=C(NCc1ccc(F)cc1)c1ccccc1-c1ccc2cnnn2c1. The molecule has 0 bridgehead atoms. The Bertz CT molecular complexity index is 1070. The number of benzene rings is 2. The topological polar surface area (TPSA) is 59.3 Å². The maximum atomic E-state index is 13.0. The van der Waals surface area contributed by atoms with E-state index in [1.807, 2.05) is 36.5 Å². The van der Waals surface area contributed by atoms with Gasteiger partial charge in [0.2, 0.25) is 0 Å². The summed E-state index contributed by atoms with van der Waals surface area (Å²) in [4.78, 5) is 12.7. The summed E-state index contributed by atoms with van der Waals surface area (Å²) in [5.41, 5.74) is 3.96. The largest absolute Gasteiger partial charge is 0.348 e. The first-order chi connectivity index (χ1) is 12.7. The Morgan fingerprint density at radius 2 is 1.85 bits per heavy atom. The lowest BCUT2D eigenvalue weighted by molar-refractivity contribution is 0.0951. The second-order valence-corrected chi connectivity index (χ2v) is 5.88. The van der Waals surface area contributed by atoms with Crippen molar-refractivity contribution < 1.29 is 9.18 Å². The second kappa shape index (κ2) is 6.76. The first-order valence-electron chi connectivity index (χ1n) is 8.13. The Hall–Kier alpha value is -3.54. The number of aromatic nitrogens is 3. The van der Waals surface area contributed by atoms with E-state index in [-0.39, 0.29) is 11.7 Å². The molecule has 5 nitrogen and oxygen atoms in total. The molecule has 0 aliphatic carbocycles. The van der Waals surface area contributed by atoms with Gasteiger partial charge < -0.3 is 5.32 Å². The number of amides is 1. The van der Waals surface area contributed by atoms with Crippen molar-refractivity contribution in [3.63, 3.8) is 0 Å². The minimum Gasteiger partial charge on any atom is -0.348 e. The molecule has 0 unspecified atom stereocenters. The Labute approximate surface area is 149 Å². The summed E-state index contributed by atoms with van der Waals surface area (Å²) in [5, 5.41) is 10.7. The van der Waals surface area contributed by atoms with E-state index in [4.69, 9.17) is 0 Å². The van der Waals surface area contributed by atoms with Crippen molar-refractivity contribution in [2.24, 2.45) is 0 Å². The number of carbonyl (C=O) groups excluding carboxylic acids is 1. The lowest BCUT2D eigenvalue weighted by Crippen LogP contribution is -2.23. The fraction of sp³-hybridized carbons (Fsp3) is 0.0500. The van der Waals surface area contributed by atoms with Crippen LogP contribution in [0.5, 0.6) is 0 Å². The van der Waals surface area contributed by atoms with Gasteiger partial charge in [-0.1, -0.05) is 41.6 Å². The maximum absolute atomic E-state index is 13.0. The van der Waals surface area contributed by atoms with Gasteiger partial charge in [0.05, 0.1) is 11.7 Å². The summed E-state index contributed by atoms with van der Waals surface area (Å²) >= 11 is 0. The third-order valence-electron chi connectivity index (χ3n) is 4.15. The number of pyridine rings is 1. The molecule has 1 amide bonds. The molecule has 128 valence electrons. The fourth-order valence-electron chi connectivity index (χ4n) is 2.79. The van der Waals surface area contributed by atoms with E-state index in [1.165, 1.54) is 12.1 Å². The van der Waals surface area contributed by atoms with Gasteiger partial charge in [-0.3, -0.25) is 4.79 Å². The molecule has 26 heavy (non-hydrogen) atoms. The number of carbonyl (C=O) groups is 1. The molecule has 6 heteroatoms. The second-order valence-electron chi connectivity index (χ2n) is 5.88. The Balaban J connectivity index is 1.60. The molecule has 0 aliphatic heterocycles. The highest BCUT2D eigenvalue weighted by Crippen LogP contribution is 2.24. The van der Waals surface area contributed by atoms with E-state index in [1.54, 1.807) is 28.9 Å². The molecule has 1 N–H and O–H groups in total. The predicted molar refractivity (Wildman–Crippen MR) is 96.0 cm³/mol. The van der Waals surface area contributed by atoms with Crippen molar-refractivity contribution in [3.8, 4) is 11.1 Å². The number of rotatable bonds is 4. The maximum Gasteiger partial charge on any atom is 0.252 e. The summed E-state index contributed by atoms with van der Waals surface area (Å²) in [6.07, 6.45) is 3.51. The molecule has 2 aromatic carbocycles. The molecule has 2 aromatic heterocycles. The molecule has 0 radical (unpaired) electrons. The van der Waals surface area contributed by atoms with Crippen LogP contribution in [-0.2, 0) is 6.54 Å². The van der Waals surface area contributed by atoms with Gasteiger partial charge in [-0.15, -0.1) is 5.10 Å². The van der Waals surface area contributed by atoms with Gasteiger partial charge in [0, 0.05) is 23.9 Å². The molecule has 0 saturated carbocycles. The number of nitrogens with zero attached hydrogens (tertiary/aromatic N) is 3. The number of fused-ring (bicyclic) bond motifs is 1. The number of hydrogen-bond donors (Lipinski definition) is 1. The number of hydrogen-bond acceptors (Lipinski definition) is 3. The Morgan fingerprint density at radius 3 is 2.69 bits per heavy atom. The molecule has 0 aliphatic rings. The van der Waals surface area contributed by atoms with Crippen LogP contribution in [0.4, 0.5) is 4.39 Å². The summed E-state index contributed by atoms with van der Waals surface area (Å²) in [5.74, 6) is -0.488. The smallest absolute Gasteiger partial charge is 0.252 e. The van der Waals surface area contributed by atoms with Gasteiger partial charge in [-0.25, -0.2) is 8.91 Å². The highest BCUT2D eigenvalue weighted by Gasteiger charge is 2.13. The summed E-state index contributed by atoms with van der Waals surface area (Å²) < 4.78 is 14.6. The Morgan fingerprint density at radius 1 is 1.04 bits per heavy atom. The van der Waals surface area contributed by atoms with Crippen LogP contribution in [0, 0.1) is 5.82 Å². The van der Waals surface area contributed by atoms with Crippen LogP contribution in [0.1, 0.15) is 15.9 Å². The van der Waals surface area contributed by atoms with Gasteiger partial charge in [0.25, 0.3) is 5.91 Å². The zero-order valence-electron chi connectivity index (χ0n) is 13.8. The van der Waals surface area contributed by atoms with Gasteiger partial charge >= 0.3 is 0 Å². The van der Waals surface area contributed by atoms with Gasteiger partial charge in [0.15, 0.2) is 0 Å². The minimum atomic E-state index is -0.297. The molecular formula is C20H15FN4O. The highest BCUT2D eigenvalue weighted by molar-refractivity contribution is 6.00. The average molecular weight is 346 g/mol. The molecule has 4 rings (SSSR count). The third kappa shape index (κ3) is 3.17. The monoisotopic (exact) mass is 346 g/mol. The lowest BCUT2D eigenvalue weighted by atomic mass is 10.0. The zero-order valence-corrected chi connectivity index (χ0v) is 13.8. The minimum absolute atomic E-state index is 0.191. The third-order valence-corrected chi connectivity index (χ3v) is 4.15. The van der Waals surface area contributed by atoms with Crippen molar-refractivity contribution in [2.75, 3.05) is 0 Å². The number of nitrogens with one attached hydrogen (secondary N) is 1. The first kappa shape index (κ1) is 16.0. The lowest BCUT2D eigenvalue weighted by Gasteiger charge is -2.11. The summed E-state index contributed by atoms with van der Waals surface area (Å²) in [7, 11) is 0. The average Bonchev–Trinajstić information content (AvgIpc) is 3.15. The van der Waals surface area contributed by atoms with Crippen LogP contribution in [0.2, 0.25) is 0 Å². The van der Waals surface area contributed by atoms with Crippen molar-refractivity contribution in [2.45, 2.75) is 6.54 Å². The summed E-state index contributed by atoms with van der Waals surface area (Å²) in [6, 6.07) is 17.3. The number of halogens is 1. The normalized spacial score (nSPS) is 10.8. The van der Waals surface area contributed by atoms with Crippen LogP contribution in [-0.4, -0.2) is 20.7 Å². The van der Waals surface area contributed by atoms with Crippen LogP contribution in [0.3, 0.4) is 0 Å². The van der Waals surface area contributed by atoms with E-state index in [9.17, 15) is 9.18 Å². The molecule has 0 saturated heterocycles. The Kier molecular flexibility index (Phi) is 4.15. The van der Waals surface area contributed by atoms with Gasteiger partial charge in [0.1, 0.15) is 5.82 Å². The van der Waals surface area contributed by atoms with Gasteiger partial charge in [-0.05, 0) is 35.4 Å². The van der Waals surface area contributed by atoms with E-state index < -0.39 is 0 Å². The molecular weight excluding hydrogens is 331 g/mol. The van der Waals surface area contributed by atoms with E-state index in [2.05, 4.69) is 15.6 Å². The van der Waals surface area contributed by atoms with Crippen molar-refractivity contribution in [3.05, 3.63) is 90.0 Å². The van der Waals surface area contributed by atoms with Crippen molar-refractivity contribution >= 4 is 11.4 Å². The fourth-order valence-corrected chi connectivity index (χ4v) is 2.79. The van der Waals surface area contributed by atoms with Crippen LogP contribution >= 0.6 is 0 Å². The summed E-state index contributed by atoms with van der Waals surface area (Å²) in [6.45, 7) is 0.329. The molecule has 0 fully saturated rings. The van der Waals surface area contributed by atoms with E-state index in [0.29, 0.717) is 12.1 Å². The quantitative estimate of drug-likeness (QED) is 0.616. The molecule has 0 atom stereocenters. The van der Waals surface area contributed by atoms with Gasteiger partial charge in [-0.2, -0.15) is 0 Å². The first-order valence-corrected chi connectivity index (χ1v) is 8.13. The highest BCUT2D eigenvalue weighted by atomic mass is 19.1. The van der Waals surface area contributed by atoms with Crippen LogP contribution in [0.25, 0.3) is 16.6 Å². The van der Waals surface area contributed by atoms with Crippen LogP contribution < -0.4 is 5.32 Å². The predicted octanol–water partition coefficient (Wildman–Crippen LogP) is 3.47. The molecule has 2 heterocycles. The zero-order chi connectivity index (χ0) is 17.9. The van der Waals surface area contributed by atoms with Crippen LogP contribution in [0.15, 0.2) is 73.1 Å². The van der Waals surface area contributed by atoms with Crippen molar-refractivity contribution in [1.82, 2.24) is 20.1 Å². The standard InChI is InChI=1S/C20H15FN4O/c21-16-8-5-14(6-9-16)11-22-20(26)19-4-2-1-3-18(19)15-7-10-17-12-23-24-25(17)13-15/h1-10,12-13H,11H2,(H,22,26). The van der Waals surface area contributed by atoms with E-state index in [0.717, 1.165) is 22.2 Å². The van der Waals surface area contributed by atoms with Crippen molar-refractivity contribution in [1.29, 1.82) is 0 Å². The molecule has 0 spiro atoms. The molecule has 4 aromatic rings.